The third-order valence-corrected chi connectivity index (χ3v) is 5.46. The number of carbonyl (C=O) groups is 2. The molecule has 1 saturated heterocycles. The number of aliphatic hydroxyl groups excluding tert-OH is 1. The number of pyridine rings is 1. The van der Waals surface area contributed by atoms with Crippen molar-refractivity contribution in [3.05, 3.63) is 83.7 Å². The minimum atomic E-state index is -0.882. The van der Waals surface area contributed by atoms with Gasteiger partial charge in [0.05, 0.1) is 38.5 Å². The molecule has 1 fully saturated rings. The molecule has 1 aliphatic heterocycles. The zero-order valence-corrected chi connectivity index (χ0v) is 18.3. The average molecular weight is 446 g/mol. The molecule has 0 radical (unpaired) electrons. The minimum Gasteiger partial charge on any atom is -0.507 e. The van der Waals surface area contributed by atoms with E-state index >= 15 is 0 Å². The van der Waals surface area contributed by atoms with Gasteiger partial charge in [-0.1, -0.05) is 6.07 Å². The number of aromatic nitrogens is 1. The van der Waals surface area contributed by atoms with Crippen LogP contribution < -0.4 is 19.1 Å². The van der Waals surface area contributed by atoms with Crippen molar-refractivity contribution in [1.82, 2.24) is 4.98 Å². The fourth-order valence-electron chi connectivity index (χ4n) is 3.86. The highest BCUT2D eigenvalue weighted by Crippen LogP contribution is 2.44. The molecule has 33 heavy (non-hydrogen) atoms. The number of nitrogens with zero attached hydrogens (tertiary/aromatic N) is 2. The number of hydrogen-bond acceptors (Lipinski definition) is 7. The number of hydrogen-bond donors (Lipinski definition) is 1. The van der Waals surface area contributed by atoms with Gasteiger partial charge in [-0.15, -0.1) is 0 Å². The Morgan fingerprint density at radius 1 is 0.909 bits per heavy atom. The lowest BCUT2D eigenvalue weighted by Gasteiger charge is -2.25. The van der Waals surface area contributed by atoms with Crippen molar-refractivity contribution in [2.75, 3.05) is 26.2 Å². The van der Waals surface area contributed by atoms with Crippen LogP contribution in [0.1, 0.15) is 17.2 Å². The highest BCUT2D eigenvalue weighted by Gasteiger charge is 2.47. The number of rotatable bonds is 6. The summed E-state index contributed by atoms with van der Waals surface area (Å²) in [6, 6.07) is 14.1. The molecule has 0 bridgehead atoms. The van der Waals surface area contributed by atoms with Crippen LogP contribution in [0.5, 0.6) is 17.2 Å². The Morgan fingerprint density at radius 2 is 1.61 bits per heavy atom. The molecule has 1 aliphatic rings. The first-order valence-electron chi connectivity index (χ1n) is 10.1. The van der Waals surface area contributed by atoms with Crippen LogP contribution in [0, 0.1) is 0 Å². The lowest BCUT2D eigenvalue weighted by molar-refractivity contribution is -0.132. The van der Waals surface area contributed by atoms with Gasteiger partial charge in [-0.25, -0.2) is 0 Å². The number of aliphatic hydroxyl groups is 1. The Bertz CT molecular complexity index is 1240. The molecule has 1 atom stereocenters. The van der Waals surface area contributed by atoms with Gasteiger partial charge in [0.2, 0.25) is 0 Å². The topological polar surface area (TPSA) is 98.2 Å². The fraction of sp³-hybridized carbons (Fsp3) is 0.160. The van der Waals surface area contributed by atoms with Crippen LogP contribution >= 0.6 is 0 Å². The molecule has 1 N–H and O–H groups in total. The van der Waals surface area contributed by atoms with Crippen LogP contribution in [-0.4, -0.2) is 43.1 Å². The largest absolute Gasteiger partial charge is 0.507 e. The van der Waals surface area contributed by atoms with Crippen molar-refractivity contribution in [1.29, 1.82) is 0 Å². The Hall–Kier alpha value is -4.33. The van der Waals surface area contributed by atoms with E-state index < -0.39 is 17.7 Å². The van der Waals surface area contributed by atoms with Gasteiger partial charge in [0.25, 0.3) is 11.7 Å². The fourth-order valence-corrected chi connectivity index (χ4v) is 3.86. The normalized spacial score (nSPS) is 17.2. The quantitative estimate of drug-likeness (QED) is 0.350. The molecule has 4 rings (SSSR count). The van der Waals surface area contributed by atoms with E-state index in [1.165, 1.54) is 26.2 Å². The Kier molecular flexibility index (Phi) is 5.99. The first-order valence-corrected chi connectivity index (χ1v) is 10.1. The van der Waals surface area contributed by atoms with E-state index in [-0.39, 0.29) is 16.9 Å². The minimum absolute atomic E-state index is 0.0579. The lowest BCUT2D eigenvalue weighted by Crippen LogP contribution is -2.29. The maximum absolute atomic E-state index is 13.2. The summed E-state index contributed by atoms with van der Waals surface area (Å²) in [6.07, 6.45) is 3.13. The Morgan fingerprint density at radius 3 is 2.27 bits per heavy atom. The van der Waals surface area contributed by atoms with Gasteiger partial charge in [0, 0.05) is 30.2 Å². The lowest BCUT2D eigenvalue weighted by atomic mass is 9.95. The van der Waals surface area contributed by atoms with Gasteiger partial charge in [-0.3, -0.25) is 19.5 Å². The SMILES string of the molecule is COc1cccc(N2C(=O)C(=O)/C(=C(\O)c3ccc(OC)cc3OC)C2c2ccncc2)c1. The molecule has 2 heterocycles. The summed E-state index contributed by atoms with van der Waals surface area (Å²) < 4.78 is 15.9. The van der Waals surface area contributed by atoms with Crippen LogP contribution in [0.4, 0.5) is 5.69 Å². The molecule has 2 aromatic carbocycles. The predicted molar refractivity (Wildman–Crippen MR) is 122 cm³/mol. The number of benzene rings is 2. The summed E-state index contributed by atoms with van der Waals surface area (Å²) in [5.74, 6) is -0.576. The average Bonchev–Trinajstić information content (AvgIpc) is 3.14. The zero-order valence-electron chi connectivity index (χ0n) is 18.3. The smallest absolute Gasteiger partial charge is 0.300 e. The van der Waals surface area contributed by atoms with Crippen LogP contribution in [0.25, 0.3) is 5.76 Å². The van der Waals surface area contributed by atoms with Crippen molar-refractivity contribution in [2.45, 2.75) is 6.04 Å². The van der Waals surface area contributed by atoms with Crippen LogP contribution in [0.15, 0.2) is 72.6 Å². The molecule has 8 heteroatoms. The summed E-state index contributed by atoms with van der Waals surface area (Å²) in [7, 11) is 4.47. The van der Waals surface area contributed by atoms with E-state index in [2.05, 4.69) is 4.98 Å². The number of carbonyl (C=O) groups excluding carboxylic acids is 2. The number of methoxy groups -OCH3 is 3. The van der Waals surface area contributed by atoms with Gasteiger partial charge in [-0.2, -0.15) is 0 Å². The molecule has 1 unspecified atom stereocenters. The summed E-state index contributed by atoms with van der Waals surface area (Å²) in [5.41, 5.74) is 1.28. The number of ketones is 1. The van der Waals surface area contributed by atoms with Crippen LogP contribution in [-0.2, 0) is 9.59 Å². The molecule has 168 valence electrons. The van der Waals surface area contributed by atoms with Gasteiger partial charge < -0.3 is 19.3 Å². The molecule has 0 saturated carbocycles. The van der Waals surface area contributed by atoms with E-state index in [1.54, 1.807) is 67.0 Å². The van der Waals surface area contributed by atoms with Crippen LogP contribution in [0.2, 0.25) is 0 Å². The highest BCUT2D eigenvalue weighted by atomic mass is 16.5. The molecule has 1 aromatic heterocycles. The molecular formula is C25H22N2O6. The first kappa shape index (κ1) is 21.9. The molecule has 0 aliphatic carbocycles. The van der Waals surface area contributed by atoms with Crippen molar-refractivity contribution >= 4 is 23.1 Å². The summed E-state index contributed by atoms with van der Waals surface area (Å²) >= 11 is 0. The summed E-state index contributed by atoms with van der Waals surface area (Å²) in [6.45, 7) is 0. The van der Waals surface area contributed by atoms with Gasteiger partial charge in [0.1, 0.15) is 23.0 Å². The van der Waals surface area contributed by atoms with Gasteiger partial charge in [0.15, 0.2) is 0 Å². The maximum atomic E-state index is 13.2. The second kappa shape index (κ2) is 9.04. The number of ether oxygens (including phenoxy) is 3. The van der Waals surface area contributed by atoms with Crippen molar-refractivity contribution in [3.63, 3.8) is 0 Å². The van der Waals surface area contributed by atoms with E-state index in [0.717, 1.165) is 0 Å². The molecule has 0 spiro atoms. The Balaban J connectivity index is 1.95. The second-order valence-electron chi connectivity index (χ2n) is 7.22. The predicted octanol–water partition coefficient (Wildman–Crippen LogP) is 3.73. The molecule has 3 aromatic rings. The maximum Gasteiger partial charge on any atom is 0.300 e. The van der Waals surface area contributed by atoms with Crippen molar-refractivity contribution < 1.29 is 28.9 Å². The number of anilines is 1. The number of amides is 1. The summed E-state index contributed by atoms with van der Waals surface area (Å²) in [4.78, 5) is 31.8. The third kappa shape index (κ3) is 3.87. The van der Waals surface area contributed by atoms with E-state index in [0.29, 0.717) is 28.5 Å². The first-order chi connectivity index (χ1) is 16.0. The Labute approximate surface area is 190 Å². The van der Waals surface area contributed by atoms with E-state index in [9.17, 15) is 14.7 Å². The van der Waals surface area contributed by atoms with Crippen molar-refractivity contribution in [3.8, 4) is 17.2 Å². The molecule has 1 amide bonds. The molecule has 8 nitrogen and oxygen atoms in total. The standard InChI is InChI=1S/C25H22N2O6/c1-31-17-6-4-5-16(13-17)27-22(15-9-11-26-12-10-15)21(24(29)25(27)30)23(28)19-8-7-18(32-2)14-20(19)33-3/h4-14,22,28H,1-3H3/b23-21-. The van der Waals surface area contributed by atoms with Gasteiger partial charge >= 0.3 is 0 Å². The second-order valence-corrected chi connectivity index (χ2v) is 7.22. The van der Waals surface area contributed by atoms with E-state index in [4.69, 9.17) is 14.2 Å². The van der Waals surface area contributed by atoms with Crippen molar-refractivity contribution in [2.24, 2.45) is 0 Å². The zero-order chi connectivity index (χ0) is 23.5. The van der Waals surface area contributed by atoms with Crippen LogP contribution in [0.3, 0.4) is 0 Å². The molecular weight excluding hydrogens is 424 g/mol. The van der Waals surface area contributed by atoms with Gasteiger partial charge in [-0.05, 0) is 42.0 Å². The van der Waals surface area contributed by atoms with E-state index in [1.807, 2.05) is 0 Å². The highest BCUT2D eigenvalue weighted by molar-refractivity contribution is 6.51. The third-order valence-electron chi connectivity index (χ3n) is 5.46. The number of Topliss-reactive ketones (excluding diaryl/α,β-unsaturated/α-hetero) is 1. The monoisotopic (exact) mass is 446 g/mol. The summed E-state index contributed by atoms with van der Waals surface area (Å²) in [5, 5.41) is 11.3.